The highest BCUT2D eigenvalue weighted by Crippen LogP contribution is 2.43. The smallest absolute Gasteiger partial charge is 0.00232 e. The van der Waals surface area contributed by atoms with Crippen LogP contribution in [0.3, 0.4) is 0 Å². The zero-order valence-corrected chi connectivity index (χ0v) is 32.1. The Morgan fingerprint density at radius 1 is 0.585 bits per heavy atom. The Labute approximate surface area is 315 Å². The Bertz CT molecular complexity index is 2550. The van der Waals surface area contributed by atoms with Crippen LogP contribution in [0, 0.1) is 10.4 Å². The molecule has 0 aliphatic heterocycles. The summed E-state index contributed by atoms with van der Waals surface area (Å²) in [6, 6.07) is 49.5. The molecule has 0 fully saturated rings. The molecule has 0 saturated carbocycles. The summed E-state index contributed by atoms with van der Waals surface area (Å²) in [6.07, 6.45) is 12.2. The first kappa shape index (κ1) is 34.6. The average molecular weight is 687 g/mol. The topological polar surface area (TPSA) is 0 Å². The van der Waals surface area contributed by atoms with Crippen LogP contribution in [0.1, 0.15) is 81.3 Å². The second-order valence-corrected chi connectivity index (χ2v) is 16.9. The fourth-order valence-electron chi connectivity index (χ4n) is 8.67. The lowest BCUT2D eigenvalue weighted by Gasteiger charge is -2.30. The van der Waals surface area contributed by atoms with Crippen LogP contribution in [-0.4, -0.2) is 0 Å². The van der Waals surface area contributed by atoms with E-state index in [1.54, 1.807) is 0 Å². The van der Waals surface area contributed by atoms with E-state index in [0.29, 0.717) is 0 Å². The van der Waals surface area contributed by atoms with Gasteiger partial charge in [0.05, 0.1) is 0 Å². The van der Waals surface area contributed by atoms with Crippen LogP contribution in [0.2, 0.25) is 0 Å². The van der Waals surface area contributed by atoms with E-state index in [1.807, 2.05) is 0 Å². The normalized spacial score (nSPS) is 13.4. The van der Waals surface area contributed by atoms with E-state index in [4.69, 9.17) is 0 Å². The molecule has 0 bridgehead atoms. The van der Waals surface area contributed by atoms with Gasteiger partial charge in [0, 0.05) is 0 Å². The summed E-state index contributed by atoms with van der Waals surface area (Å²) < 4.78 is 0. The number of hydrogen-bond donors (Lipinski definition) is 0. The molecule has 262 valence electrons. The summed E-state index contributed by atoms with van der Waals surface area (Å²) >= 11 is 0. The van der Waals surface area contributed by atoms with Crippen LogP contribution in [0.15, 0.2) is 152 Å². The van der Waals surface area contributed by atoms with E-state index in [2.05, 4.69) is 199 Å². The van der Waals surface area contributed by atoms with Crippen LogP contribution < -0.4 is 10.4 Å². The summed E-state index contributed by atoms with van der Waals surface area (Å²) in [5, 5.41) is 5.50. The first-order valence-corrected chi connectivity index (χ1v) is 19.3. The molecule has 0 N–H and O–H groups in total. The second kappa shape index (κ2) is 13.8. The molecule has 0 radical (unpaired) electrons. The predicted molar refractivity (Wildman–Crippen MR) is 227 cm³/mol. The van der Waals surface area contributed by atoms with Gasteiger partial charge in [0.2, 0.25) is 0 Å². The third kappa shape index (κ3) is 6.68. The van der Waals surface area contributed by atoms with Crippen molar-refractivity contribution in [3.05, 3.63) is 206 Å². The highest BCUT2D eigenvalue weighted by Gasteiger charge is 2.31. The predicted octanol–water partition coefficient (Wildman–Crippen LogP) is 12.0. The van der Waals surface area contributed by atoms with Crippen molar-refractivity contribution in [3.8, 4) is 22.3 Å². The number of allylic oxidation sites excluding steroid dienone is 4. The largest absolute Gasteiger partial charge is 0.0801 e. The molecular weight excluding hydrogens is 637 g/mol. The molecule has 8 rings (SSSR count). The van der Waals surface area contributed by atoms with Crippen molar-refractivity contribution >= 4 is 17.2 Å². The van der Waals surface area contributed by atoms with Crippen molar-refractivity contribution in [2.75, 3.05) is 0 Å². The van der Waals surface area contributed by atoms with Gasteiger partial charge < -0.3 is 0 Å². The minimum Gasteiger partial charge on any atom is -0.0801 e. The molecule has 0 nitrogen and oxygen atoms in total. The minimum atomic E-state index is -0.158. The van der Waals surface area contributed by atoms with Crippen molar-refractivity contribution in [1.82, 2.24) is 0 Å². The number of fused-ring (bicyclic) bond motifs is 2. The second-order valence-electron chi connectivity index (χ2n) is 16.9. The summed E-state index contributed by atoms with van der Waals surface area (Å²) in [5.41, 5.74) is 16.2. The molecule has 6 aromatic carbocycles. The van der Waals surface area contributed by atoms with Gasteiger partial charge in [-0.3, -0.25) is 0 Å². The zero-order valence-electron chi connectivity index (χ0n) is 32.1. The molecule has 0 atom stereocenters. The third-order valence-electron chi connectivity index (χ3n) is 11.0. The van der Waals surface area contributed by atoms with Gasteiger partial charge >= 0.3 is 0 Å². The van der Waals surface area contributed by atoms with Crippen molar-refractivity contribution in [3.63, 3.8) is 0 Å². The number of rotatable bonds is 7. The quantitative estimate of drug-likeness (QED) is 0.157. The molecule has 0 amide bonds. The SMILES string of the molecule is CC(C)(C)c1cc2c(cc1-c1ccccc1)=Cc1c(C3=CC=CC3)c(-c3ccccc3)c(C(C)(C)C)c(=C(Cc3ccccc3)Cc3ccccc3)c1=2. The van der Waals surface area contributed by atoms with Gasteiger partial charge in [-0.05, 0) is 130 Å². The molecular formula is C53H50. The highest BCUT2D eigenvalue weighted by molar-refractivity contribution is 5.92. The molecule has 0 aromatic heterocycles. The van der Waals surface area contributed by atoms with Crippen molar-refractivity contribution in [2.24, 2.45) is 0 Å². The first-order valence-electron chi connectivity index (χ1n) is 19.3. The molecule has 0 unspecified atom stereocenters. The lowest BCUT2D eigenvalue weighted by Crippen LogP contribution is -2.30. The van der Waals surface area contributed by atoms with Crippen LogP contribution in [0.4, 0.5) is 0 Å². The van der Waals surface area contributed by atoms with Crippen molar-refractivity contribution < 1.29 is 0 Å². The van der Waals surface area contributed by atoms with Gasteiger partial charge in [-0.1, -0.05) is 187 Å². The summed E-state index contributed by atoms with van der Waals surface area (Å²) in [4.78, 5) is 0. The minimum absolute atomic E-state index is 0.0543. The van der Waals surface area contributed by atoms with Gasteiger partial charge in [0.15, 0.2) is 0 Å². The maximum absolute atomic E-state index is 2.56. The zero-order chi connectivity index (χ0) is 36.7. The lowest BCUT2D eigenvalue weighted by molar-refractivity contribution is 0.586. The van der Waals surface area contributed by atoms with E-state index in [0.717, 1.165) is 19.3 Å². The monoisotopic (exact) mass is 686 g/mol. The van der Waals surface area contributed by atoms with E-state index in [1.165, 1.54) is 87.7 Å². The van der Waals surface area contributed by atoms with E-state index in [9.17, 15) is 0 Å². The van der Waals surface area contributed by atoms with Crippen LogP contribution >= 0.6 is 0 Å². The van der Waals surface area contributed by atoms with Gasteiger partial charge in [-0.25, -0.2) is 0 Å². The Morgan fingerprint density at radius 3 is 1.64 bits per heavy atom. The van der Waals surface area contributed by atoms with Gasteiger partial charge in [-0.2, -0.15) is 0 Å². The summed E-state index contributed by atoms with van der Waals surface area (Å²) in [7, 11) is 0. The molecule has 53 heavy (non-hydrogen) atoms. The number of hydrogen-bond acceptors (Lipinski definition) is 0. The van der Waals surface area contributed by atoms with Crippen LogP contribution in [-0.2, 0) is 23.7 Å². The molecule has 6 aromatic rings. The van der Waals surface area contributed by atoms with E-state index < -0.39 is 0 Å². The van der Waals surface area contributed by atoms with Gasteiger partial charge in [-0.15, -0.1) is 0 Å². The molecule has 2 aliphatic rings. The first-order chi connectivity index (χ1) is 25.6. The summed E-state index contributed by atoms with van der Waals surface area (Å²) in [5.74, 6) is 0. The molecule has 0 heterocycles. The Hall–Kier alpha value is -5.46. The van der Waals surface area contributed by atoms with E-state index >= 15 is 0 Å². The summed E-state index contributed by atoms with van der Waals surface area (Å²) in [6.45, 7) is 14.4. The molecule has 0 saturated heterocycles. The molecule has 0 spiro atoms. The maximum atomic E-state index is 2.56. The fourth-order valence-corrected chi connectivity index (χ4v) is 8.67. The fraction of sp³-hybridized carbons (Fsp3) is 0.208. The van der Waals surface area contributed by atoms with Crippen LogP contribution in [0.25, 0.3) is 39.5 Å². The Morgan fingerprint density at radius 2 is 1.13 bits per heavy atom. The Balaban J connectivity index is 1.66. The highest BCUT2D eigenvalue weighted by atomic mass is 14.3. The third-order valence-corrected chi connectivity index (χ3v) is 11.0. The Kier molecular flexibility index (Phi) is 9.03. The number of benzene rings is 6. The molecule has 2 aliphatic carbocycles. The van der Waals surface area contributed by atoms with Gasteiger partial charge in [0.1, 0.15) is 0 Å². The maximum Gasteiger partial charge on any atom is -0.00232 e. The average Bonchev–Trinajstić information content (AvgIpc) is 3.82. The standard InChI is InChI=1S/C53H50/c1-52(2,3)46-35-44-41(33-43(46)38-25-15-9-16-26-38)34-45-47(39-29-19-20-30-39)48(40-27-17-10-18-28-40)51(53(4,5)6)49(50(44)45)42(31-36-21-11-7-12-22-36)32-37-23-13-8-14-24-37/h7-29,33-35H,30-32H2,1-6H3. The lowest BCUT2D eigenvalue weighted by atomic mass is 9.73. The van der Waals surface area contributed by atoms with Crippen LogP contribution in [0.5, 0.6) is 0 Å². The molecule has 0 heteroatoms. The van der Waals surface area contributed by atoms with E-state index in [-0.39, 0.29) is 10.8 Å². The van der Waals surface area contributed by atoms with Gasteiger partial charge in [0.25, 0.3) is 0 Å². The van der Waals surface area contributed by atoms with Crippen molar-refractivity contribution in [2.45, 2.75) is 71.6 Å². The van der Waals surface area contributed by atoms with Crippen molar-refractivity contribution in [1.29, 1.82) is 0 Å².